The minimum absolute atomic E-state index is 0.00840. The van der Waals surface area contributed by atoms with Crippen LogP contribution < -0.4 is 10.6 Å². The van der Waals surface area contributed by atoms with Crippen molar-refractivity contribution >= 4 is 35.5 Å². The van der Waals surface area contributed by atoms with Gasteiger partial charge in [0, 0.05) is 5.69 Å². The molecule has 0 bridgehead atoms. The number of ether oxygens (including phenoxy) is 2. The smallest absolute Gasteiger partial charge is 0.408 e. The van der Waals surface area contributed by atoms with Gasteiger partial charge in [-0.25, -0.2) is 9.59 Å². The number of rotatable bonds is 8. The molecule has 3 aromatic rings. The maximum absolute atomic E-state index is 12.6. The van der Waals surface area contributed by atoms with Crippen molar-refractivity contribution in [3.05, 3.63) is 101 Å². The molecule has 4 amide bonds. The molecule has 1 aliphatic rings. The molecule has 1 aliphatic heterocycles. The van der Waals surface area contributed by atoms with Crippen LogP contribution in [0.1, 0.15) is 37.9 Å². The fourth-order valence-electron chi connectivity index (χ4n) is 3.80. The molecule has 0 radical (unpaired) electrons. The Morgan fingerprint density at radius 3 is 2.16 bits per heavy atom. The number of hydrogen-bond donors (Lipinski definition) is 2. The molecule has 0 fully saturated rings. The third-order valence-corrected chi connectivity index (χ3v) is 5.60. The van der Waals surface area contributed by atoms with Crippen molar-refractivity contribution in [3.8, 4) is 0 Å². The average molecular weight is 501 g/mol. The Balaban J connectivity index is 1.41. The minimum Gasteiger partial charge on any atom is -0.467 e. The Morgan fingerprint density at radius 1 is 0.865 bits per heavy atom. The molecule has 0 aliphatic carbocycles. The molecule has 1 atom stereocenters. The van der Waals surface area contributed by atoms with Gasteiger partial charge in [0.1, 0.15) is 13.2 Å². The minimum atomic E-state index is -1.21. The van der Waals surface area contributed by atoms with Gasteiger partial charge in [0.25, 0.3) is 11.8 Å². The van der Waals surface area contributed by atoms with Crippen molar-refractivity contribution in [1.82, 2.24) is 10.2 Å². The fourth-order valence-corrected chi connectivity index (χ4v) is 3.80. The standard InChI is InChI=1S/C27H23N3O7/c1-36-26(34)23(29-27(35)37-16-17-8-3-2-4-9-17)18-10-7-11-19(14-18)28-22(31)15-30-24(32)20-12-5-6-13-21(20)25(30)33/h2-14,23H,15-16H2,1H3,(H,28,31)(H,29,35)/t23-/m0/s1. The van der Waals surface area contributed by atoms with Crippen LogP contribution in [0.2, 0.25) is 0 Å². The Labute approximate surface area is 212 Å². The van der Waals surface area contributed by atoms with Gasteiger partial charge in [-0.2, -0.15) is 0 Å². The summed E-state index contributed by atoms with van der Waals surface area (Å²) in [6, 6.07) is 20.3. The number of amides is 4. The summed E-state index contributed by atoms with van der Waals surface area (Å²) in [4.78, 5) is 63.3. The number of imide groups is 1. The van der Waals surface area contributed by atoms with E-state index in [0.717, 1.165) is 10.5 Å². The van der Waals surface area contributed by atoms with Gasteiger partial charge in [-0.15, -0.1) is 0 Å². The van der Waals surface area contributed by atoms with E-state index in [1.807, 2.05) is 18.2 Å². The van der Waals surface area contributed by atoms with Gasteiger partial charge in [-0.3, -0.25) is 19.3 Å². The van der Waals surface area contributed by atoms with E-state index in [4.69, 9.17) is 9.47 Å². The molecule has 1 heterocycles. The highest BCUT2D eigenvalue weighted by Crippen LogP contribution is 2.23. The molecule has 10 heteroatoms. The zero-order valence-corrected chi connectivity index (χ0v) is 19.8. The number of esters is 1. The molecule has 0 saturated carbocycles. The first kappa shape index (κ1) is 25.1. The Bertz CT molecular complexity index is 1320. The number of anilines is 1. The van der Waals surface area contributed by atoms with Crippen molar-refractivity contribution in [2.24, 2.45) is 0 Å². The molecule has 3 aromatic carbocycles. The average Bonchev–Trinajstić information content (AvgIpc) is 3.15. The summed E-state index contributed by atoms with van der Waals surface area (Å²) in [5, 5.41) is 5.08. The van der Waals surface area contributed by atoms with Gasteiger partial charge in [-0.05, 0) is 35.4 Å². The number of carbonyl (C=O) groups is 5. The Kier molecular flexibility index (Phi) is 7.58. The monoisotopic (exact) mass is 501 g/mol. The van der Waals surface area contributed by atoms with Gasteiger partial charge in [-0.1, -0.05) is 54.6 Å². The lowest BCUT2D eigenvalue weighted by Crippen LogP contribution is -2.37. The van der Waals surface area contributed by atoms with E-state index in [-0.39, 0.29) is 23.4 Å². The highest BCUT2D eigenvalue weighted by atomic mass is 16.6. The van der Waals surface area contributed by atoms with E-state index in [0.29, 0.717) is 5.56 Å². The van der Waals surface area contributed by atoms with Crippen LogP contribution in [0.4, 0.5) is 10.5 Å². The molecular formula is C27H23N3O7. The zero-order chi connectivity index (χ0) is 26.4. The lowest BCUT2D eigenvalue weighted by molar-refractivity contribution is -0.143. The molecule has 4 rings (SSSR count). The lowest BCUT2D eigenvalue weighted by atomic mass is 10.1. The predicted molar refractivity (Wildman–Crippen MR) is 131 cm³/mol. The summed E-state index contributed by atoms with van der Waals surface area (Å²) in [5.74, 6) is -2.45. The summed E-state index contributed by atoms with van der Waals surface area (Å²) in [7, 11) is 1.18. The van der Waals surface area contributed by atoms with Crippen molar-refractivity contribution in [2.75, 3.05) is 19.0 Å². The van der Waals surface area contributed by atoms with Crippen molar-refractivity contribution < 1.29 is 33.4 Å². The molecule has 37 heavy (non-hydrogen) atoms. The molecule has 0 saturated heterocycles. The van der Waals surface area contributed by atoms with Gasteiger partial charge in [0.05, 0.1) is 18.2 Å². The van der Waals surface area contributed by atoms with E-state index >= 15 is 0 Å². The number of carbonyl (C=O) groups excluding carboxylic acids is 5. The molecule has 188 valence electrons. The van der Waals surface area contributed by atoms with Gasteiger partial charge in [0.15, 0.2) is 6.04 Å². The number of fused-ring (bicyclic) bond motifs is 1. The molecular weight excluding hydrogens is 478 g/mol. The Morgan fingerprint density at radius 2 is 1.51 bits per heavy atom. The molecule has 0 aromatic heterocycles. The highest BCUT2D eigenvalue weighted by molar-refractivity contribution is 6.22. The van der Waals surface area contributed by atoms with Crippen LogP contribution >= 0.6 is 0 Å². The van der Waals surface area contributed by atoms with Gasteiger partial charge < -0.3 is 20.1 Å². The third kappa shape index (κ3) is 5.81. The summed E-state index contributed by atoms with van der Waals surface area (Å²) in [6.45, 7) is -0.477. The van der Waals surface area contributed by atoms with E-state index < -0.39 is 42.4 Å². The van der Waals surface area contributed by atoms with E-state index in [9.17, 15) is 24.0 Å². The van der Waals surface area contributed by atoms with Crippen LogP contribution in [0.3, 0.4) is 0 Å². The molecule has 2 N–H and O–H groups in total. The second-order valence-electron chi connectivity index (χ2n) is 8.08. The first-order valence-corrected chi connectivity index (χ1v) is 11.3. The van der Waals surface area contributed by atoms with Crippen LogP contribution in [0, 0.1) is 0 Å². The second-order valence-corrected chi connectivity index (χ2v) is 8.08. The zero-order valence-electron chi connectivity index (χ0n) is 19.8. The van der Waals surface area contributed by atoms with E-state index in [1.54, 1.807) is 42.5 Å². The topological polar surface area (TPSA) is 131 Å². The lowest BCUT2D eigenvalue weighted by Gasteiger charge is -2.18. The van der Waals surface area contributed by atoms with Gasteiger partial charge >= 0.3 is 12.1 Å². The number of alkyl carbamates (subject to hydrolysis) is 1. The van der Waals surface area contributed by atoms with Crippen LogP contribution in [0.5, 0.6) is 0 Å². The normalized spacial score (nSPS) is 12.9. The maximum Gasteiger partial charge on any atom is 0.408 e. The predicted octanol–water partition coefficient (Wildman–Crippen LogP) is 3.06. The summed E-state index contributed by atoms with van der Waals surface area (Å²) in [6.07, 6.45) is -0.834. The number of hydrogen-bond acceptors (Lipinski definition) is 7. The number of nitrogens with one attached hydrogen (secondary N) is 2. The van der Waals surface area contributed by atoms with Crippen LogP contribution in [0.25, 0.3) is 0 Å². The SMILES string of the molecule is COC(=O)[C@@H](NC(=O)OCc1ccccc1)c1cccc(NC(=O)CN2C(=O)c3ccccc3C2=O)c1. The summed E-state index contributed by atoms with van der Waals surface area (Å²) >= 11 is 0. The highest BCUT2D eigenvalue weighted by Gasteiger charge is 2.36. The largest absolute Gasteiger partial charge is 0.467 e. The van der Waals surface area contributed by atoms with Crippen molar-refractivity contribution in [3.63, 3.8) is 0 Å². The Hall–Kier alpha value is -4.99. The van der Waals surface area contributed by atoms with Crippen molar-refractivity contribution in [2.45, 2.75) is 12.6 Å². The van der Waals surface area contributed by atoms with Gasteiger partial charge in [0.2, 0.25) is 5.91 Å². The number of nitrogens with zero attached hydrogens (tertiary/aromatic N) is 1. The first-order valence-electron chi connectivity index (χ1n) is 11.3. The molecule has 10 nitrogen and oxygen atoms in total. The second kappa shape index (κ2) is 11.2. The number of benzene rings is 3. The summed E-state index contributed by atoms with van der Waals surface area (Å²) in [5.41, 5.74) is 1.87. The number of methoxy groups -OCH3 is 1. The third-order valence-electron chi connectivity index (χ3n) is 5.60. The fraction of sp³-hybridized carbons (Fsp3) is 0.148. The molecule has 0 spiro atoms. The van der Waals surface area contributed by atoms with Crippen LogP contribution in [-0.2, 0) is 25.7 Å². The maximum atomic E-state index is 12.6. The first-order chi connectivity index (χ1) is 17.9. The molecule has 0 unspecified atom stereocenters. The van der Waals surface area contributed by atoms with Crippen LogP contribution in [-0.4, -0.2) is 48.3 Å². The van der Waals surface area contributed by atoms with Crippen LogP contribution in [0.15, 0.2) is 78.9 Å². The summed E-state index contributed by atoms with van der Waals surface area (Å²) < 4.78 is 10.0. The quantitative estimate of drug-likeness (QED) is 0.358. The van der Waals surface area contributed by atoms with E-state index in [1.165, 1.54) is 25.3 Å². The van der Waals surface area contributed by atoms with Crippen molar-refractivity contribution in [1.29, 1.82) is 0 Å². The van der Waals surface area contributed by atoms with E-state index in [2.05, 4.69) is 10.6 Å².